The molecule has 3 N–H and O–H groups in total. The minimum Gasteiger partial charge on any atom is -0.496 e. The molecule has 1 aromatic carbocycles. The molecular weight excluding hydrogens is 274 g/mol. The van der Waals surface area contributed by atoms with Crippen LogP contribution in [0.25, 0.3) is 0 Å². The number of nitrogens with one attached hydrogen (secondary N) is 1. The maximum atomic E-state index is 10.7. The quantitative estimate of drug-likeness (QED) is 0.432. The van der Waals surface area contributed by atoms with Crippen LogP contribution in [0.2, 0.25) is 0 Å². The van der Waals surface area contributed by atoms with Gasteiger partial charge in [-0.05, 0) is 6.42 Å². The molecule has 0 amide bonds. The van der Waals surface area contributed by atoms with Crippen molar-refractivity contribution in [3.05, 3.63) is 28.3 Å². The summed E-state index contributed by atoms with van der Waals surface area (Å²) in [5, 5.41) is 18.5. The van der Waals surface area contributed by atoms with Crippen molar-refractivity contribution in [2.24, 2.45) is 5.14 Å². The molecule has 1 aromatic rings. The number of sulfonamides is 1. The van der Waals surface area contributed by atoms with E-state index in [1.807, 2.05) is 0 Å². The lowest BCUT2D eigenvalue weighted by Crippen LogP contribution is -2.18. The summed E-state index contributed by atoms with van der Waals surface area (Å²) in [6.45, 7) is 0.334. The Kier molecular flexibility index (Phi) is 5.07. The van der Waals surface area contributed by atoms with Gasteiger partial charge in [-0.25, -0.2) is 13.6 Å². The predicted octanol–water partition coefficient (Wildman–Crippen LogP) is 0.694. The topological polar surface area (TPSA) is 125 Å². The van der Waals surface area contributed by atoms with E-state index in [1.165, 1.54) is 19.2 Å². The van der Waals surface area contributed by atoms with E-state index in [2.05, 4.69) is 5.32 Å². The molecule has 0 unspecified atom stereocenters. The highest BCUT2D eigenvalue weighted by molar-refractivity contribution is 7.89. The molecule has 1 rings (SSSR count). The van der Waals surface area contributed by atoms with Crippen LogP contribution in [0.4, 0.5) is 11.4 Å². The van der Waals surface area contributed by atoms with E-state index in [-0.39, 0.29) is 11.4 Å². The first-order valence-electron chi connectivity index (χ1n) is 5.39. The fraction of sp³-hybridized carbons (Fsp3) is 0.400. The van der Waals surface area contributed by atoms with Gasteiger partial charge in [-0.1, -0.05) is 0 Å². The summed E-state index contributed by atoms with van der Waals surface area (Å²) in [6.07, 6.45) is 0.309. The molecule has 0 bridgehead atoms. The van der Waals surface area contributed by atoms with Crippen molar-refractivity contribution in [1.29, 1.82) is 0 Å². The van der Waals surface area contributed by atoms with Crippen molar-refractivity contribution >= 4 is 21.4 Å². The third kappa shape index (κ3) is 5.53. The van der Waals surface area contributed by atoms with Crippen LogP contribution in [0.5, 0.6) is 5.75 Å². The molecule has 0 fully saturated rings. The Hall–Kier alpha value is -1.87. The van der Waals surface area contributed by atoms with Crippen molar-refractivity contribution in [2.75, 3.05) is 24.7 Å². The fourth-order valence-electron chi connectivity index (χ4n) is 1.41. The van der Waals surface area contributed by atoms with E-state index >= 15 is 0 Å². The summed E-state index contributed by atoms with van der Waals surface area (Å²) in [6, 6.07) is 4.24. The van der Waals surface area contributed by atoms with Gasteiger partial charge in [-0.15, -0.1) is 0 Å². The summed E-state index contributed by atoms with van der Waals surface area (Å²) in [5.41, 5.74) is 0.383. The normalized spacial score (nSPS) is 11.1. The van der Waals surface area contributed by atoms with Gasteiger partial charge in [0.05, 0.1) is 23.9 Å². The predicted molar refractivity (Wildman–Crippen MR) is 70.7 cm³/mol. The van der Waals surface area contributed by atoms with Crippen molar-refractivity contribution in [1.82, 2.24) is 0 Å². The molecule has 0 aliphatic carbocycles. The molecule has 9 heteroatoms. The Bertz CT molecular complexity index is 558. The number of ether oxygens (including phenoxy) is 1. The zero-order valence-electron chi connectivity index (χ0n) is 10.3. The Labute approximate surface area is 110 Å². The highest BCUT2D eigenvalue weighted by atomic mass is 32.2. The van der Waals surface area contributed by atoms with Crippen LogP contribution in [0, 0.1) is 10.1 Å². The number of primary sulfonamides is 1. The Morgan fingerprint density at radius 1 is 1.42 bits per heavy atom. The Morgan fingerprint density at radius 2 is 2.11 bits per heavy atom. The number of hydrogen-bond acceptors (Lipinski definition) is 6. The van der Waals surface area contributed by atoms with E-state index in [9.17, 15) is 18.5 Å². The fourth-order valence-corrected chi connectivity index (χ4v) is 1.96. The average molecular weight is 289 g/mol. The maximum Gasteiger partial charge on any atom is 0.275 e. The first-order chi connectivity index (χ1) is 8.81. The van der Waals surface area contributed by atoms with Gasteiger partial charge in [0.1, 0.15) is 5.75 Å². The Balaban J connectivity index is 2.67. The van der Waals surface area contributed by atoms with Gasteiger partial charge in [0.15, 0.2) is 0 Å². The van der Waals surface area contributed by atoms with Gasteiger partial charge in [-0.3, -0.25) is 10.1 Å². The summed E-state index contributed by atoms with van der Waals surface area (Å²) >= 11 is 0. The third-order valence-electron chi connectivity index (χ3n) is 2.27. The lowest BCUT2D eigenvalue weighted by Gasteiger charge is -2.08. The monoisotopic (exact) mass is 289 g/mol. The molecule has 8 nitrogen and oxygen atoms in total. The van der Waals surface area contributed by atoms with Crippen molar-refractivity contribution < 1.29 is 18.1 Å². The van der Waals surface area contributed by atoms with Crippen LogP contribution in [0.3, 0.4) is 0 Å². The second kappa shape index (κ2) is 6.34. The van der Waals surface area contributed by atoms with E-state index < -0.39 is 14.9 Å². The molecule has 0 saturated carbocycles. The van der Waals surface area contributed by atoms with Crippen molar-refractivity contribution in [3.63, 3.8) is 0 Å². The van der Waals surface area contributed by atoms with Crippen molar-refractivity contribution in [2.45, 2.75) is 6.42 Å². The number of methoxy groups -OCH3 is 1. The number of nitro benzene ring substituents is 1. The summed E-state index contributed by atoms with van der Waals surface area (Å²) in [7, 11) is -2.08. The van der Waals surface area contributed by atoms with Gasteiger partial charge < -0.3 is 10.1 Å². The number of rotatable bonds is 7. The molecule has 0 aromatic heterocycles. The molecule has 0 saturated heterocycles. The van der Waals surface area contributed by atoms with Crippen LogP contribution in [0.15, 0.2) is 18.2 Å². The number of nitrogens with zero attached hydrogens (tertiary/aromatic N) is 1. The van der Waals surface area contributed by atoms with Gasteiger partial charge in [0.25, 0.3) is 5.69 Å². The molecule has 0 aliphatic rings. The highest BCUT2D eigenvalue weighted by Crippen LogP contribution is 2.25. The number of hydrogen-bond donors (Lipinski definition) is 2. The van der Waals surface area contributed by atoms with Crippen LogP contribution >= 0.6 is 0 Å². The number of benzene rings is 1. The van der Waals surface area contributed by atoms with E-state index in [4.69, 9.17) is 9.88 Å². The second-order valence-corrected chi connectivity index (χ2v) is 5.56. The van der Waals surface area contributed by atoms with E-state index in [0.29, 0.717) is 24.4 Å². The number of non-ortho nitro benzene ring substituents is 1. The third-order valence-corrected chi connectivity index (χ3v) is 3.13. The zero-order valence-corrected chi connectivity index (χ0v) is 11.1. The Morgan fingerprint density at radius 3 is 2.63 bits per heavy atom. The molecular formula is C10H15N3O5S. The summed E-state index contributed by atoms with van der Waals surface area (Å²) < 4.78 is 26.4. The SMILES string of the molecule is COc1cc(NCCCS(N)(=O)=O)cc([N+](=O)[O-])c1. The molecule has 0 atom stereocenters. The minimum atomic E-state index is -3.49. The zero-order chi connectivity index (χ0) is 14.5. The maximum absolute atomic E-state index is 10.7. The summed E-state index contributed by atoms with van der Waals surface area (Å²) in [4.78, 5) is 10.2. The molecule has 106 valence electrons. The van der Waals surface area contributed by atoms with Gasteiger partial charge in [-0.2, -0.15) is 0 Å². The van der Waals surface area contributed by atoms with Crippen LogP contribution in [-0.2, 0) is 10.0 Å². The highest BCUT2D eigenvalue weighted by Gasteiger charge is 2.10. The summed E-state index contributed by atoms with van der Waals surface area (Å²) in [5.74, 6) is 0.203. The standard InChI is InChI=1S/C10H15N3O5S/c1-18-10-6-8(5-9(7-10)13(14)15)12-3-2-4-19(11,16)17/h5-7,12H,2-4H2,1H3,(H2,11,16,17). The number of nitro groups is 1. The molecule has 0 heterocycles. The smallest absolute Gasteiger partial charge is 0.275 e. The van der Waals surface area contributed by atoms with Gasteiger partial charge in [0, 0.05) is 24.4 Å². The number of anilines is 1. The first-order valence-corrected chi connectivity index (χ1v) is 7.11. The second-order valence-electron chi connectivity index (χ2n) is 3.82. The lowest BCUT2D eigenvalue weighted by molar-refractivity contribution is -0.384. The van der Waals surface area contributed by atoms with Gasteiger partial charge >= 0.3 is 0 Å². The van der Waals surface area contributed by atoms with Crippen LogP contribution < -0.4 is 15.2 Å². The largest absolute Gasteiger partial charge is 0.496 e. The van der Waals surface area contributed by atoms with Crippen LogP contribution in [-0.4, -0.2) is 32.7 Å². The van der Waals surface area contributed by atoms with E-state index in [0.717, 1.165) is 0 Å². The molecule has 0 spiro atoms. The minimum absolute atomic E-state index is 0.103. The number of nitrogens with two attached hydrogens (primary N) is 1. The lowest BCUT2D eigenvalue weighted by atomic mass is 10.2. The molecule has 19 heavy (non-hydrogen) atoms. The van der Waals surface area contributed by atoms with Crippen LogP contribution in [0.1, 0.15) is 6.42 Å². The molecule has 0 aliphatic heterocycles. The van der Waals surface area contributed by atoms with Crippen molar-refractivity contribution in [3.8, 4) is 5.75 Å². The average Bonchev–Trinajstić information content (AvgIpc) is 2.33. The molecule has 0 radical (unpaired) electrons. The van der Waals surface area contributed by atoms with Gasteiger partial charge in [0.2, 0.25) is 10.0 Å². The first kappa shape index (κ1) is 15.2. The van der Waals surface area contributed by atoms with E-state index in [1.54, 1.807) is 6.07 Å².